The number of carbonyl (C=O) groups is 1. The number of amides is 1. The molecule has 30 heavy (non-hydrogen) atoms. The highest BCUT2D eigenvalue weighted by atomic mass is 127. The van der Waals surface area contributed by atoms with Crippen LogP contribution in [0.3, 0.4) is 0 Å². The number of hydrogen-bond acceptors (Lipinski definition) is 6. The lowest BCUT2D eigenvalue weighted by Crippen LogP contribution is -2.42. The number of nitrogens with one attached hydrogen (secondary N) is 3. The van der Waals surface area contributed by atoms with Gasteiger partial charge in [-0.25, -0.2) is 9.78 Å². The molecule has 3 N–H and O–H groups in total. The van der Waals surface area contributed by atoms with Crippen molar-refractivity contribution in [3.63, 3.8) is 0 Å². The molecule has 1 fully saturated rings. The molecule has 0 aromatic carbocycles. The smallest absolute Gasteiger partial charge is 0.407 e. The average molecular weight is 534 g/mol. The van der Waals surface area contributed by atoms with Gasteiger partial charge in [0.2, 0.25) is 0 Å². The van der Waals surface area contributed by atoms with Crippen molar-refractivity contribution in [2.45, 2.75) is 45.9 Å². The Bertz CT molecular complexity index is 678. The largest absolute Gasteiger partial charge is 0.444 e. The van der Waals surface area contributed by atoms with E-state index in [0.29, 0.717) is 25.6 Å². The standard InChI is InChI=1S/C20H34N6O3.HI/c1-15-14-26(10-11-28-15)17-7-6-16(12-24-17)13-25-18(21-5)22-8-9-23-19(27)29-20(2,3)4;/h6-7,12,15H,8-11,13-14H2,1-5H3,(H,23,27)(H2,21,22,25);1H. The minimum absolute atomic E-state index is 0. The summed E-state index contributed by atoms with van der Waals surface area (Å²) in [6.45, 7) is 11.6. The van der Waals surface area contributed by atoms with E-state index in [0.717, 1.165) is 31.1 Å². The van der Waals surface area contributed by atoms with Gasteiger partial charge in [-0.3, -0.25) is 4.99 Å². The Morgan fingerprint density at radius 3 is 2.63 bits per heavy atom. The molecule has 1 saturated heterocycles. The van der Waals surface area contributed by atoms with E-state index in [2.05, 4.69) is 43.8 Å². The Hall–Kier alpha value is -1.82. The number of aromatic nitrogens is 1. The number of anilines is 1. The molecule has 2 heterocycles. The average Bonchev–Trinajstić information content (AvgIpc) is 2.66. The first kappa shape index (κ1) is 26.2. The van der Waals surface area contributed by atoms with Crippen molar-refractivity contribution in [1.82, 2.24) is 20.9 Å². The van der Waals surface area contributed by atoms with E-state index >= 15 is 0 Å². The lowest BCUT2D eigenvalue weighted by atomic mass is 10.2. The van der Waals surface area contributed by atoms with Crippen molar-refractivity contribution in [1.29, 1.82) is 0 Å². The lowest BCUT2D eigenvalue weighted by molar-refractivity contribution is 0.0525. The number of pyridine rings is 1. The topological polar surface area (TPSA) is 100 Å². The van der Waals surface area contributed by atoms with Crippen molar-refractivity contribution >= 4 is 41.8 Å². The minimum atomic E-state index is -0.501. The zero-order chi connectivity index (χ0) is 21.3. The van der Waals surface area contributed by atoms with Crippen molar-refractivity contribution in [2.24, 2.45) is 4.99 Å². The molecular formula is C20H35IN6O3. The summed E-state index contributed by atoms with van der Waals surface area (Å²) in [4.78, 5) is 22.6. The maximum Gasteiger partial charge on any atom is 0.407 e. The van der Waals surface area contributed by atoms with Crippen molar-refractivity contribution in [3.8, 4) is 0 Å². The zero-order valence-electron chi connectivity index (χ0n) is 18.5. The maximum absolute atomic E-state index is 11.6. The van der Waals surface area contributed by atoms with Crippen LogP contribution in [0.15, 0.2) is 23.3 Å². The van der Waals surface area contributed by atoms with E-state index in [-0.39, 0.29) is 30.1 Å². The number of morpholine rings is 1. The third kappa shape index (κ3) is 9.79. The monoisotopic (exact) mass is 534 g/mol. The molecule has 2 rings (SSSR count). The van der Waals surface area contributed by atoms with Crippen LogP contribution in [0.1, 0.15) is 33.3 Å². The molecular weight excluding hydrogens is 499 g/mol. The van der Waals surface area contributed by atoms with Crippen LogP contribution in [0, 0.1) is 0 Å². The van der Waals surface area contributed by atoms with Crippen LogP contribution >= 0.6 is 24.0 Å². The summed E-state index contributed by atoms with van der Waals surface area (Å²) in [5.41, 5.74) is 0.559. The molecule has 0 aliphatic carbocycles. The van der Waals surface area contributed by atoms with Gasteiger partial charge in [-0.15, -0.1) is 24.0 Å². The summed E-state index contributed by atoms with van der Waals surface area (Å²) in [5.74, 6) is 1.63. The van der Waals surface area contributed by atoms with Crippen molar-refractivity contribution in [3.05, 3.63) is 23.9 Å². The fourth-order valence-corrected chi connectivity index (χ4v) is 2.80. The molecule has 1 aromatic rings. The quantitative estimate of drug-likeness (QED) is 0.223. The molecule has 0 saturated carbocycles. The van der Waals surface area contributed by atoms with Crippen molar-refractivity contribution in [2.75, 3.05) is 44.7 Å². The molecule has 1 atom stereocenters. The van der Waals surface area contributed by atoms with Crippen LogP contribution in [-0.4, -0.2) is 68.6 Å². The van der Waals surface area contributed by atoms with Crippen LogP contribution in [0.5, 0.6) is 0 Å². The number of hydrogen-bond donors (Lipinski definition) is 3. The fraction of sp³-hybridized carbons (Fsp3) is 0.650. The predicted octanol–water partition coefficient (Wildman–Crippen LogP) is 2.11. The molecule has 1 unspecified atom stereocenters. The highest BCUT2D eigenvalue weighted by molar-refractivity contribution is 14.0. The molecule has 1 aliphatic rings. The van der Waals surface area contributed by atoms with Gasteiger partial charge in [-0.2, -0.15) is 0 Å². The third-order valence-electron chi connectivity index (χ3n) is 4.14. The van der Waals surface area contributed by atoms with E-state index < -0.39 is 11.7 Å². The Labute approximate surface area is 196 Å². The maximum atomic E-state index is 11.6. The van der Waals surface area contributed by atoms with Gasteiger partial charge in [0.05, 0.1) is 12.7 Å². The Kier molecular flexibility index (Phi) is 11.2. The Morgan fingerprint density at radius 2 is 2.03 bits per heavy atom. The van der Waals surface area contributed by atoms with Gasteiger partial charge in [-0.1, -0.05) is 6.07 Å². The second-order valence-electron chi connectivity index (χ2n) is 7.93. The number of guanidine groups is 1. The van der Waals surface area contributed by atoms with Gasteiger partial charge in [0, 0.05) is 46.0 Å². The van der Waals surface area contributed by atoms with E-state index in [1.807, 2.05) is 33.0 Å². The number of nitrogens with zero attached hydrogens (tertiary/aromatic N) is 3. The van der Waals surface area contributed by atoms with E-state index in [1.165, 1.54) is 0 Å². The summed E-state index contributed by atoms with van der Waals surface area (Å²) >= 11 is 0. The number of alkyl carbamates (subject to hydrolysis) is 1. The van der Waals surface area contributed by atoms with Crippen LogP contribution in [0.25, 0.3) is 0 Å². The first-order valence-corrected chi connectivity index (χ1v) is 9.99. The molecule has 0 spiro atoms. The second-order valence-corrected chi connectivity index (χ2v) is 7.93. The fourth-order valence-electron chi connectivity index (χ4n) is 2.80. The molecule has 10 heteroatoms. The number of aliphatic imine (C=N–C) groups is 1. The Balaban J connectivity index is 0.00000450. The lowest BCUT2D eigenvalue weighted by Gasteiger charge is -2.32. The number of carbonyl (C=O) groups excluding carboxylic acids is 1. The van der Waals surface area contributed by atoms with Gasteiger partial charge < -0.3 is 30.3 Å². The van der Waals surface area contributed by atoms with Crippen LogP contribution < -0.4 is 20.9 Å². The molecule has 1 amide bonds. The van der Waals surface area contributed by atoms with Crippen molar-refractivity contribution < 1.29 is 14.3 Å². The number of ether oxygens (including phenoxy) is 2. The van der Waals surface area contributed by atoms with E-state index in [1.54, 1.807) is 7.05 Å². The summed E-state index contributed by atoms with van der Waals surface area (Å²) in [5, 5.41) is 9.09. The zero-order valence-corrected chi connectivity index (χ0v) is 20.9. The molecule has 9 nitrogen and oxygen atoms in total. The summed E-state index contributed by atoms with van der Waals surface area (Å²) in [7, 11) is 1.71. The molecule has 1 aromatic heterocycles. The summed E-state index contributed by atoms with van der Waals surface area (Å²) < 4.78 is 10.8. The first-order chi connectivity index (χ1) is 13.8. The van der Waals surface area contributed by atoms with Gasteiger partial charge in [0.1, 0.15) is 11.4 Å². The van der Waals surface area contributed by atoms with Crippen LogP contribution in [-0.2, 0) is 16.0 Å². The predicted molar refractivity (Wildman–Crippen MR) is 130 cm³/mol. The highest BCUT2D eigenvalue weighted by Gasteiger charge is 2.18. The summed E-state index contributed by atoms with van der Waals surface area (Å²) in [6.07, 6.45) is 1.67. The second kappa shape index (κ2) is 12.8. The Morgan fingerprint density at radius 1 is 1.30 bits per heavy atom. The van der Waals surface area contributed by atoms with Gasteiger partial charge in [-0.05, 0) is 39.3 Å². The highest BCUT2D eigenvalue weighted by Crippen LogP contribution is 2.15. The van der Waals surface area contributed by atoms with Gasteiger partial charge >= 0.3 is 6.09 Å². The summed E-state index contributed by atoms with van der Waals surface area (Å²) in [6, 6.07) is 4.10. The number of rotatable bonds is 6. The minimum Gasteiger partial charge on any atom is -0.444 e. The molecule has 0 radical (unpaired) electrons. The normalized spacial score (nSPS) is 17.0. The molecule has 1 aliphatic heterocycles. The van der Waals surface area contributed by atoms with E-state index in [4.69, 9.17) is 9.47 Å². The van der Waals surface area contributed by atoms with Crippen LogP contribution in [0.4, 0.5) is 10.6 Å². The third-order valence-corrected chi connectivity index (χ3v) is 4.14. The molecule has 0 bridgehead atoms. The van der Waals surface area contributed by atoms with E-state index in [9.17, 15) is 4.79 Å². The molecule has 170 valence electrons. The van der Waals surface area contributed by atoms with Gasteiger partial charge in [0.15, 0.2) is 5.96 Å². The van der Waals surface area contributed by atoms with Crippen LogP contribution in [0.2, 0.25) is 0 Å². The SMILES string of the molecule is CN=C(NCCNC(=O)OC(C)(C)C)NCc1ccc(N2CCOC(C)C2)nc1.I. The van der Waals surface area contributed by atoms with Gasteiger partial charge in [0.25, 0.3) is 0 Å². The first-order valence-electron chi connectivity index (χ1n) is 9.99. The number of halogens is 1.